The highest BCUT2D eigenvalue weighted by molar-refractivity contribution is 5.56. The van der Waals surface area contributed by atoms with Gasteiger partial charge < -0.3 is 10.2 Å². The minimum atomic E-state index is -4.28. The van der Waals surface area contributed by atoms with E-state index < -0.39 is 11.7 Å². The Kier molecular flexibility index (Phi) is 4.58. The number of halogens is 3. The summed E-state index contributed by atoms with van der Waals surface area (Å²) in [6.45, 7) is 6.40. The van der Waals surface area contributed by atoms with Crippen molar-refractivity contribution in [2.45, 2.75) is 38.9 Å². The number of anilines is 1. The van der Waals surface area contributed by atoms with Gasteiger partial charge >= 0.3 is 6.18 Å². The van der Waals surface area contributed by atoms with Gasteiger partial charge in [0.25, 0.3) is 0 Å². The van der Waals surface area contributed by atoms with E-state index in [4.69, 9.17) is 0 Å². The zero-order chi connectivity index (χ0) is 14.8. The van der Waals surface area contributed by atoms with E-state index in [1.807, 2.05) is 6.92 Å². The summed E-state index contributed by atoms with van der Waals surface area (Å²) in [6, 6.07) is 4.37. The quantitative estimate of drug-likeness (QED) is 0.913. The molecule has 0 bridgehead atoms. The first kappa shape index (κ1) is 15.2. The minimum Gasteiger partial charge on any atom is -0.370 e. The summed E-state index contributed by atoms with van der Waals surface area (Å²) in [6.07, 6.45) is -2.19. The average Bonchev–Trinajstić information content (AvgIpc) is 2.38. The zero-order valence-electron chi connectivity index (χ0n) is 11.9. The Morgan fingerprint density at radius 2 is 2.10 bits per heavy atom. The number of likely N-dealkylation sites (N-methyl/N-ethyl adjacent to an activating group) is 1. The van der Waals surface area contributed by atoms with Gasteiger partial charge in [0.1, 0.15) is 0 Å². The number of aryl methyl sites for hydroxylation is 1. The zero-order valence-corrected chi connectivity index (χ0v) is 11.9. The molecule has 0 aliphatic carbocycles. The summed E-state index contributed by atoms with van der Waals surface area (Å²) in [5, 5.41) is 3.38. The summed E-state index contributed by atoms with van der Waals surface area (Å²) in [5.41, 5.74) is 1.04. The van der Waals surface area contributed by atoms with Gasteiger partial charge in [-0.15, -0.1) is 0 Å². The number of piperidine rings is 1. The molecule has 20 heavy (non-hydrogen) atoms. The summed E-state index contributed by atoms with van der Waals surface area (Å²) in [4.78, 5) is 2.07. The van der Waals surface area contributed by atoms with Gasteiger partial charge in [0.2, 0.25) is 0 Å². The van der Waals surface area contributed by atoms with Crippen LogP contribution in [0.3, 0.4) is 0 Å². The Hall–Kier alpha value is -1.23. The lowest BCUT2D eigenvalue weighted by atomic mass is 10.0. The first-order chi connectivity index (χ1) is 9.41. The van der Waals surface area contributed by atoms with E-state index in [0.29, 0.717) is 11.7 Å². The Morgan fingerprint density at radius 1 is 1.35 bits per heavy atom. The maximum atomic E-state index is 12.8. The van der Waals surface area contributed by atoms with Crippen LogP contribution in [0.15, 0.2) is 18.2 Å². The number of nitrogens with zero attached hydrogens (tertiary/aromatic N) is 1. The molecule has 1 fully saturated rings. The summed E-state index contributed by atoms with van der Waals surface area (Å²) >= 11 is 0. The normalized spacial score (nSPS) is 20.2. The maximum Gasteiger partial charge on any atom is 0.416 e. The van der Waals surface area contributed by atoms with Gasteiger partial charge in [0.05, 0.1) is 5.56 Å². The smallest absolute Gasteiger partial charge is 0.370 e. The molecule has 1 N–H and O–H groups in total. The first-order valence-corrected chi connectivity index (χ1v) is 7.08. The second-order valence-corrected chi connectivity index (χ2v) is 5.34. The van der Waals surface area contributed by atoms with Crippen LogP contribution in [-0.4, -0.2) is 25.7 Å². The fourth-order valence-electron chi connectivity index (χ4n) is 2.78. The Labute approximate surface area is 118 Å². The third-order valence-electron chi connectivity index (χ3n) is 3.79. The fraction of sp³-hybridized carbons (Fsp3) is 0.600. The van der Waals surface area contributed by atoms with Crippen LogP contribution < -0.4 is 10.2 Å². The van der Waals surface area contributed by atoms with Crippen molar-refractivity contribution in [3.63, 3.8) is 0 Å². The summed E-state index contributed by atoms with van der Waals surface area (Å²) in [7, 11) is 0. The average molecular weight is 286 g/mol. The standard InChI is InChI=1S/C15H21F3N2/c1-3-19-13-5-4-8-20(10-13)14-9-12(15(16,17)18)7-6-11(14)2/h6-7,9,13,19H,3-5,8,10H2,1-2H3. The lowest BCUT2D eigenvalue weighted by Gasteiger charge is -2.36. The Balaban J connectivity index is 2.22. The molecule has 0 amide bonds. The molecule has 1 saturated heterocycles. The van der Waals surface area contributed by atoms with Gasteiger partial charge in [-0.25, -0.2) is 0 Å². The molecule has 1 aliphatic heterocycles. The van der Waals surface area contributed by atoms with Crippen molar-refractivity contribution < 1.29 is 13.2 Å². The molecule has 0 saturated carbocycles. The van der Waals surface area contributed by atoms with Gasteiger partial charge in [-0.3, -0.25) is 0 Å². The lowest BCUT2D eigenvalue weighted by molar-refractivity contribution is -0.137. The molecule has 1 unspecified atom stereocenters. The molecule has 5 heteroatoms. The predicted molar refractivity (Wildman–Crippen MR) is 75.1 cm³/mol. The number of hydrogen-bond acceptors (Lipinski definition) is 2. The summed E-state index contributed by atoms with van der Waals surface area (Å²) in [5.74, 6) is 0. The van der Waals surface area contributed by atoms with E-state index in [1.54, 1.807) is 6.07 Å². The highest BCUT2D eigenvalue weighted by Crippen LogP contribution is 2.34. The van der Waals surface area contributed by atoms with E-state index >= 15 is 0 Å². The molecule has 2 nitrogen and oxygen atoms in total. The number of alkyl halides is 3. The van der Waals surface area contributed by atoms with Gasteiger partial charge in [-0.2, -0.15) is 13.2 Å². The number of hydrogen-bond donors (Lipinski definition) is 1. The third kappa shape index (κ3) is 3.45. The molecule has 1 aromatic rings. The van der Waals surface area contributed by atoms with Crippen molar-refractivity contribution in [1.29, 1.82) is 0 Å². The topological polar surface area (TPSA) is 15.3 Å². The van der Waals surface area contributed by atoms with Crippen LogP contribution in [-0.2, 0) is 6.18 Å². The Bertz CT molecular complexity index is 455. The lowest BCUT2D eigenvalue weighted by Crippen LogP contribution is -2.46. The van der Waals surface area contributed by atoms with Gasteiger partial charge in [0.15, 0.2) is 0 Å². The van der Waals surface area contributed by atoms with Crippen LogP contribution >= 0.6 is 0 Å². The maximum absolute atomic E-state index is 12.8. The minimum absolute atomic E-state index is 0.364. The van der Waals surface area contributed by atoms with Crippen molar-refractivity contribution in [3.05, 3.63) is 29.3 Å². The molecular weight excluding hydrogens is 265 g/mol. The second-order valence-electron chi connectivity index (χ2n) is 5.34. The van der Waals surface area contributed by atoms with E-state index in [9.17, 15) is 13.2 Å². The van der Waals surface area contributed by atoms with Crippen LogP contribution in [0.4, 0.5) is 18.9 Å². The third-order valence-corrected chi connectivity index (χ3v) is 3.79. The highest BCUT2D eigenvalue weighted by atomic mass is 19.4. The molecule has 0 spiro atoms. The van der Waals surface area contributed by atoms with Crippen LogP contribution in [0.2, 0.25) is 0 Å². The van der Waals surface area contributed by atoms with Gasteiger partial charge in [-0.05, 0) is 44.0 Å². The van der Waals surface area contributed by atoms with Crippen molar-refractivity contribution in [2.24, 2.45) is 0 Å². The van der Waals surface area contributed by atoms with E-state index in [-0.39, 0.29) is 0 Å². The van der Waals surface area contributed by atoms with Crippen molar-refractivity contribution in [1.82, 2.24) is 5.32 Å². The molecular formula is C15H21F3N2. The molecule has 0 aromatic heterocycles. The van der Waals surface area contributed by atoms with E-state index in [2.05, 4.69) is 17.1 Å². The number of rotatable bonds is 3. The van der Waals surface area contributed by atoms with E-state index in [0.717, 1.165) is 44.1 Å². The SMILES string of the molecule is CCNC1CCCN(c2cc(C(F)(F)F)ccc2C)C1. The largest absolute Gasteiger partial charge is 0.416 e. The molecule has 1 aliphatic rings. The van der Waals surface area contributed by atoms with Crippen LogP contribution in [0, 0.1) is 6.92 Å². The van der Waals surface area contributed by atoms with Crippen molar-refractivity contribution in [2.75, 3.05) is 24.5 Å². The highest BCUT2D eigenvalue weighted by Gasteiger charge is 2.31. The molecule has 2 rings (SSSR count). The van der Waals surface area contributed by atoms with Gasteiger partial charge in [-0.1, -0.05) is 13.0 Å². The summed E-state index contributed by atoms with van der Waals surface area (Å²) < 4.78 is 38.5. The molecule has 1 heterocycles. The molecule has 112 valence electrons. The number of nitrogens with one attached hydrogen (secondary N) is 1. The predicted octanol–water partition coefficient (Wildman–Crippen LogP) is 3.59. The van der Waals surface area contributed by atoms with Crippen molar-refractivity contribution in [3.8, 4) is 0 Å². The molecule has 1 atom stereocenters. The first-order valence-electron chi connectivity index (χ1n) is 7.08. The van der Waals surface area contributed by atoms with E-state index in [1.165, 1.54) is 6.07 Å². The van der Waals surface area contributed by atoms with Crippen LogP contribution in [0.25, 0.3) is 0 Å². The van der Waals surface area contributed by atoms with Gasteiger partial charge in [0, 0.05) is 24.8 Å². The van der Waals surface area contributed by atoms with Crippen LogP contribution in [0.5, 0.6) is 0 Å². The fourth-order valence-corrected chi connectivity index (χ4v) is 2.78. The number of benzene rings is 1. The Morgan fingerprint density at radius 3 is 2.75 bits per heavy atom. The van der Waals surface area contributed by atoms with Crippen molar-refractivity contribution >= 4 is 5.69 Å². The molecule has 1 aromatic carbocycles. The molecule has 0 radical (unpaired) electrons. The monoisotopic (exact) mass is 286 g/mol. The van der Waals surface area contributed by atoms with Crippen LogP contribution in [0.1, 0.15) is 30.9 Å². The second kappa shape index (κ2) is 6.04.